The zero-order valence-corrected chi connectivity index (χ0v) is 15.9. The first-order chi connectivity index (χ1) is 12.3. The summed E-state index contributed by atoms with van der Waals surface area (Å²) in [5.41, 5.74) is -0.0358. The fourth-order valence-electron chi connectivity index (χ4n) is 2.83. The topological polar surface area (TPSA) is 83.8 Å². The molecule has 0 aliphatic carbocycles. The highest BCUT2D eigenvalue weighted by Gasteiger charge is 2.30. The van der Waals surface area contributed by atoms with Gasteiger partial charge in [-0.25, -0.2) is 12.8 Å². The number of piperazine rings is 1. The molecule has 0 saturated carbocycles. The lowest BCUT2D eigenvalue weighted by atomic mass is 10.2. The van der Waals surface area contributed by atoms with Crippen LogP contribution in [-0.2, 0) is 10.0 Å². The van der Waals surface area contributed by atoms with Crippen LogP contribution in [0.15, 0.2) is 51.8 Å². The van der Waals surface area contributed by atoms with Crippen LogP contribution in [0, 0.1) is 15.9 Å². The molecule has 0 spiro atoms. The van der Waals surface area contributed by atoms with Gasteiger partial charge in [-0.2, -0.15) is 4.31 Å². The van der Waals surface area contributed by atoms with Crippen molar-refractivity contribution in [3.63, 3.8) is 0 Å². The lowest BCUT2D eigenvalue weighted by molar-refractivity contribution is -0.384. The fraction of sp³-hybridized carbons (Fsp3) is 0.250. The van der Waals surface area contributed by atoms with Crippen LogP contribution in [-0.4, -0.2) is 43.8 Å². The van der Waals surface area contributed by atoms with Gasteiger partial charge in [-0.3, -0.25) is 10.1 Å². The molecule has 1 fully saturated rings. The quantitative estimate of drug-likeness (QED) is 0.535. The summed E-state index contributed by atoms with van der Waals surface area (Å²) in [4.78, 5) is 12.4. The van der Waals surface area contributed by atoms with E-state index in [-0.39, 0.29) is 42.4 Å². The van der Waals surface area contributed by atoms with Gasteiger partial charge in [0.2, 0.25) is 10.0 Å². The molecule has 0 aromatic heterocycles. The summed E-state index contributed by atoms with van der Waals surface area (Å²) in [7, 11) is -3.64. The third-order valence-corrected chi connectivity index (χ3v) is 6.61. The molecule has 0 N–H and O–H groups in total. The fourth-order valence-corrected chi connectivity index (χ4v) is 4.52. The lowest BCUT2D eigenvalue weighted by Gasteiger charge is -2.35. The average molecular weight is 444 g/mol. The van der Waals surface area contributed by atoms with Gasteiger partial charge >= 0.3 is 0 Å². The number of hydrogen-bond acceptors (Lipinski definition) is 5. The number of nitro groups is 1. The monoisotopic (exact) mass is 443 g/mol. The maximum Gasteiger partial charge on any atom is 0.292 e. The minimum atomic E-state index is -3.64. The number of nitro benzene ring substituents is 1. The molecule has 0 atom stereocenters. The van der Waals surface area contributed by atoms with Gasteiger partial charge in [-0.05, 0) is 30.3 Å². The van der Waals surface area contributed by atoms with Gasteiger partial charge in [0.1, 0.15) is 11.5 Å². The van der Waals surface area contributed by atoms with Crippen LogP contribution in [0.4, 0.5) is 15.8 Å². The molecule has 1 aliphatic heterocycles. The maximum atomic E-state index is 13.5. The van der Waals surface area contributed by atoms with Crippen LogP contribution >= 0.6 is 15.9 Å². The third-order valence-electron chi connectivity index (χ3n) is 4.16. The van der Waals surface area contributed by atoms with Crippen molar-refractivity contribution in [1.29, 1.82) is 0 Å². The van der Waals surface area contributed by atoms with Crippen LogP contribution in [0.5, 0.6) is 0 Å². The van der Waals surface area contributed by atoms with Crippen molar-refractivity contribution < 1.29 is 17.7 Å². The van der Waals surface area contributed by atoms with Gasteiger partial charge in [0.15, 0.2) is 0 Å². The highest BCUT2D eigenvalue weighted by Crippen LogP contribution is 2.30. The molecule has 1 aliphatic rings. The van der Waals surface area contributed by atoms with Gasteiger partial charge in [0.25, 0.3) is 5.69 Å². The number of benzene rings is 2. The first kappa shape index (κ1) is 18.7. The Labute approximate surface area is 158 Å². The van der Waals surface area contributed by atoms with Crippen LogP contribution in [0.3, 0.4) is 0 Å². The van der Waals surface area contributed by atoms with Gasteiger partial charge in [-0.15, -0.1) is 0 Å². The third kappa shape index (κ3) is 3.71. The van der Waals surface area contributed by atoms with Crippen LogP contribution in [0.25, 0.3) is 0 Å². The van der Waals surface area contributed by atoms with E-state index in [0.29, 0.717) is 0 Å². The van der Waals surface area contributed by atoms with E-state index in [1.54, 1.807) is 17.0 Å². The van der Waals surface area contributed by atoms with E-state index in [4.69, 9.17) is 0 Å². The number of rotatable bonds is 4. The normalized spacial score (nSPS) is 15.8. The van der Waals surface area contributed by atoms with Crippen molar-refractivity contribution >= 4 is 37.3 Å². The molecule has 3 rings (SSSR count). The number of nitrogens with zero attached hydrogens (tertiary/aromatic N) is 3. The van der Waals surface area contributed by atoms with Crippen LogP contribution < -0.4 is 4.90 Å². The molecule has 10 heteroatoms. The Morgan fingerprint density at radius 1 is 1.04 bits per heavy atom. The minimum Gasteiger partial charge on any atom is -0.363 e. The number of sulfonamides is 1. The highest BCUT2D eigenvalue weighted by atomic mass is 79.9. The van der Waals surface area contributed by atoms with Crippen molar-refractivity contribution in [3.05, 3.63) is 62.9 Å². The summed E-state index contributed by atoms with van der Waals surface area (Å²) in [6, 6.07) is 9.60. The van der Waals surface area contributed by atoms with E-state index < -0.39 is 20.8 Å². The van der Waals surface area contributed by atoms with Crippen molar-refractivity contribution in [2.75, 3.05) is 31.1 Å². The molecule has 0 bridgehead atoms. The summed E-state index contributed by atoms with van der Waals surface area (Å²) >= 11 is 3.27. The van der Waals surface area contributed by atoms with Crippen LogP contribution in [0.1, 0.15) is 0 Å². The molecule has 26 heavy (non-hydrogen) atoms. The van der Waals surface area contributed by atoms with Gasteiger partial charge in [0.05, 0.1) is 9.82 Å². The lowest BCUT2D eigenvalue weighted by Crippen LogP contribution is -2.48. The molecule has 0 amide bonds. The Bertz CT molecular complexity index is 929. The van der Waals surface area contributed by atoms with Crippen molar-refractivity contribution in [2.24, 2.45) is 0 Å². The molecule has 2 aromatic carbocycles. The summed E-state index contributed by atoms with van der Waals surface area (Å²) < 4.78 is 41.0. The van der Waals surface area contributed by atoms with Crippen LogP contribution in [0.2, 0.25) is 0 Å². The highest BCUT2D eigenvalue weighted by molar-refractivity contribution is 9.10. The Kier molecular flexibility index (Phi) is 5.26. The molecule has 0 radical (unpaired) electrons. The molecule has 1 heterocycles. The smallest absolute Gasteiger partial charge is 0.292 e. The number of hydrogen-bond donors (Lipinski definition) is 0. The average Bonchev–Trinajstić information content (AvgIpc) is 2.62. The minimum absolute atomic E-state index is 0.159. The van der Waals surface area contributed by atoms with E-state index in [1.807, 2.05) is 0 Å². The molecule has 1 saturated heterocycles. The Morgan fingerprint density at radius 2 is 1.65 bits per heavy atom. The predicted molar refractivity (Wildman–Crippen MR) is 98.2 cm³/mol. The predicted octanol–water partition coefficient (Wildman–Crippen LogP) is 3.01. The van der Waals surface area contributed by atoms with Gasteiger partial charge in [0, 0.05) is 42.8 Å². The molecule has 7 nitrogen and oxygen atoms in total. The first-order valence-electron chi connectivity index (χ1n) is 7.73. The molecular formula is C16H15BrFN3O4S. The largest absolute Gasteiger partial charge is 0.363 e. The molecule has 0 unspecified atom stereocenters. The Morgan fingerprint density at radius 3 is 2.23 bits per heavy atom. The summed E-state index contributed by atoms with van der Waals surface area (Å²) in [6.07, 6.45) is 0. The van der Waals surface area contributed by atoms with Gasteiger partial charge in [-0.1, -0.05) is 15.9 Å². The second-order valence-electron chi connectivity index (χ2n) is 5.74. The van der Waals surface area contributed by atoms with Crippen molar-refractivity contribution in [1.82, 2.24) is 4.31 Å². The molecule has 2 aromatic rings. The summed E-state index contributed by atoms with van der Waals surface area (Å²) in [6.45, 7) is 0.790. The zero-order chi connectivity index (χ0) is 18.9. The molecule has 138 valence electrons. The zero-order valence-electron chi connectivity index (χ0n) is 13.5. The Balaban J connectivity index is 1.78. The second-order valence-corrected chi connectivity index (χ2v) is 8.59. The van der Waals surface area contributed by atoms with Gasteiger partial charge < -0.3 is 4.90 Å². The van der Waals surface area contributed by atoms with E-state index >= 15 is 0 Å². The van der Waals surface area contributed by atoms with E-state index in [1.165, 1.54) is 16.4 Å². The standard InChI is InChI=1S/C16H15BrFN3O4S/c17-12-1-4-14(5-2-12)26(24,25)20-9-7-19(8-10-20)16-11-13(18)3-6-15(16)21(22)23/h1-6,11H,7-10H2. The van der Waals surface area contributed by atoms with Crippen molar-refractivity contribution in [3.8, 4) is 0 Å². The Hall–Kier alpha value is -2.04. The summed E-state index contributed by atoms with van der Waals surface area (Å²) in [5.74, 6) is -0.574. The molecular weight excluding hydrogens is 429 g/mol. The van der Waals surface area contributed by atoms with E-state index in [0.717, 1.165) is 22.7 Å². The summed E-state index contributed by atoms with van der Waals surface area (Å²) in [5, 5.41) is 11.2. The van der Waals surface area contributed by atoms with E-state index in [9.17, 15) is 22.9 Å². The van der Waals surface area contributed by atoms with Crippen molar-refractivity contribution in [2.45, 2.75) is 4.90 Å². The first-order valence-corrected chi connectivity index (χ1v) is 9.97. The maximum absolute atomic E-state index is 13.5. The number of anilines is 1. The second kappa shape index (κ2) is 7.29. The SMILES string of the molecule is O=[N+]([O-])c1ccc(F)cc1N1CCN(S(=O)(=O)c2ccc(Br)cc2)CC1. The van der Waals surface area contributed by atoms with E-state index in [2.05, 4.69) is 15.9 Å². The number of halogens is 2.